The van der Waals surface area contributed by atoms with Crippen LogP contribution < -0.4 is 5.32 Å². The topological polar surface area (TPSA) is 24.9 Å². The number of aryl methyl sites for hydroxylation is 1. The maximum Gasteiger partial charge on any atom is 0.183 e. The van der Waals surface area contributed by atoms with Gasteiger partial charge in [0.15, 0.2) is 5.13 Å². The molecule has 1 rings (SSSR count). The molecule has 0 saturated heterocycles. The molecule has 0 radical (unpaired) electrons. The second-order valence-electron chi connectivity index (χ2n) is 3.54. The molecule has 1 heterocycles. The Balaban J connectivity index is 2.48. The SMILES string of the molecule is CCCC(CC)Nc1nc(CC)cs1. The third-order valence-corrected chi connectivity index (χ3v) is 3.19. The van der Waals surface area contributed by atoms with Crippen molar-refractivity contribution in [1.29, 1.82) is 0 Å². The zero-order valence-electron chi connectivity index (χ0n) is 9.34. The van der Waals surface area contributed by atoms with Crippen molar-refractivity contribution in [2.45, 2.75) is 52.5 Å². The molecular weight excluding hydrogens is 192 g/mol. The minimum Gasteiger partial charge on any atom is -0.359 e. The van der Waals surface area contributed by atoms with Crippen LogP contribution in [0, 0.1) is 0 Å². The van der Waals surface area contributed by atoms with E-state index >= 15 is 0 Å². The molecule has 80 valence electrons. The molecular formula is C11H20N2S. The smallest absolute Gasteiger partial charge is 0.183 e. The van der Waals surface area contributed by atoms with E-state index in [2.05, 4.69) is 36.5 Å². The molecule has 1 N–H and O–H groups in total. The third-order valence-electron chi connectivity index (χ3n) is 2.37. The predicted octanol–water partition coefficient (Wildman–Crippen LogP) is 3.70. The molecule has 1 aromatic heterocycles. The van der Waals surface area contributed by atoms with Crippen LogP contribution in [-0.2, 0) is 6.42 Å². The van der Waals surface area contributed by atoms with Crippen molar-refractivity contribution in [3.05, 3.63) is 11.1 Å². The maximum absolute atomic E-state index is 4.51. The fourth-order valence-corrected chi connectivity index (χ4v) is 2.31. The van der Waals surface area contributed by atoms with Gasteiger partial charge in [0.05, 0.1) is 5.69 Å². The second-order valence-corrected chi connectivity index (χ2v) is 4.39. The van der Waals surface area contributed by atoms with Crippen LogP contribution in [0.1, 0.15) is 45.7 Å². The van der Waals surface area contributed by atoms with E-state index in [0.717, 1.165) is 11.6 Å². The molecule has 1 atom stereocenters. The lowest BCUT2D eigenvalue weighted by atomic mass is 10.1. The van der Waals surface area contributed by atoms with Crippen molar-refractivity contribution in [2.24, 2.45) is 0 Å². The van der Waals surface area contributed by atoms with Crippen LogP contribution in [0.15, 0.2) is 5.38 Å². The van der Waals surface area contributed by atoms with Crippen LogP contribution in [0.4, 0.5) is 5.13 Å². The van der Waals surface area contributed by atoms with E-state index in [0.29, 0.717) is 6.04 Å². The molecule has 0 amide bonds. The molecule has 1 aromatic rings. The van der Waals surface area contributed by atoms with Gasteiger partial charge in [0.1, 0.15) is 0 Å². The van der Waals surface area contributed by atoms with E-state index in [1.807, 2.05) is 0 Å². The van der Waals surface area contributed by atoms with E-state index < -0.39 is 0 Å². The Labute approximate surface area is 90.8 Å². The lowest BCUT2D eigenvalue weighted by Gasteiger charge is -2.14. The number of nitrogens with zero attached hydrogens (tertiary/aromatic N) is 1. The van der Waals surface area contributed by atoms with Gasteiger partial charge in [-0.05, 0) is 19.3 Å². The maximum atomic E-state index is 4.51. The van der Waals surface area contributed by atoms with Gasteiger partial charge >= 0.3 is 0 Å². The summed E-state index contributed by atoms with van der Waals surface area (Å²) < 4.78 is 0. The lowest BCUT2D eigenvalue weighted by Crippen LogP contribution is -2.17. The van der Waals surface area contributed by atoms with Gasteiger partial charge in [-0.2, -0.15) is 0 Å². The fourth-order valence-electron chi connectivity index (χ4n) is 1.44. The zero-order valence-corrected chi connectivity index (χ0v) is 10.2. The average molecular weight is 212 g/mol. The molecule has 2 nitrogen and oxygen atoms in total. The summed E-state index contributed by atoms with van der Waals surface area (Å²) in [5, 5.41) is 6.72. The molecule has 0 aliphatic rings. The normalized spacial score (nSPS) is 12.8. The minimum atomic E-state index is 0.593. The summed E-state index contributed by atoms with van der Waals surface area (Å²) in [7, 11) is 0. The Kier molecular flexibility index (Phi) is 4.94. The van der Waals surface area contributed by atoms with Gasteiger partial charge < -0.3 is 5.32 Å². The number of nitrogens with one attached hydrogen (secondary N) is 1. The van der Waals surface area contributed by atoms with E-state index in [1.165, 1.54) is 25.0 Å². The Morgan fingerprint density at radius 2 is 2.21 bits per heavy atom. The highest BCUT2D eigenvalue weighted by Crippen LogP contribution is 2.18. The van der Waals surface area contributed by atoms with Gasteiger partial charge in [0.25, 0.3) is 0 Å². The lowest BCUT2D eigenvalue weighted by molar-refractivity contribution is 0.622. The number of thiazole rings is 1. The number of hydrogen-bond acceptors (Lipinski definition) is 3. The number of rotatable bonds is 6. The van der Waals surface area contributed by atoms with E-state index in [4.69, 9.17) is 0 Å². The van der Waals surface area contributed by atoms with Crippen LogP contribution in [-0.4, -0.2) is 11.0 Å². The number of aromatic nitrogens is 1. The first-order valence-corrected chi connectivity index (χ1v) is 6.39. The molecule has 0 aromatic carbocycles. The first-order chi connectivity index (χ1) is 6.80. The summed E-state index contributed by atoms with van der Waals surface area (Å²) in [5.74, 6) is 0. The fraction of sp³-hybridized carbons (Fsp3) is 0.727. The van der Waals surface area contributed by atoms with Gasteiger partial charge in [0, 0.05) is 11.4 Å². The molecule has 0 fully saturated rings. The zero-order chi connectivity index (χ0) is 10.4. The van der Waals surface area contributed by atoms with Crippen LogP contribution in [0.5, 0.6) is 0 Å². The summed E-state index contributed by atoms with van der Waals surface area (Å²) in [6.45, 7) is 6.59. The van der Waals surface area contributed by atoms with Crippen molar-refractivity contribution >= 4 is 16.5 Å². The van der Waals surface area contributed by atoms with Crippen molar-refractivity contribution in [1.82, 2.24) is 4.98 Å². The van der Waals surface area contributed by atoms with Crippen molar-refractivity contribution in [3.63, 3.8) is 0 Å². The summed E-state index contributed by atoms with van der Waals surface area (Å²) in [4.78, 5) is 4.51. The van der Waals surface area contributed by atoms with Crippen LogP contribution in [0.3, 0.4) is 0 Å². The monoisotopic (exact) mass is 212 g/mol. The Morgan fingerprint density at radius 1 is 1.43 bits per heavy atom. The summed E-state index contributed by atoms with van der Waals surface area (Å²) >= 11 is 1.72. The first-order valence-electron chi connectivity index (χ1n) is 5.51. The van der Waals surface area contributed by atoms with E-state index in [1.54, 1.807) is 11.3 Å². The Bertz CT molecular complexity index is 258. The Morgan fingerprint density at radius 3 is 2.71 bits per heavy atom. The van der Waals surface area contributed by atoms with Crippen molar-refractivity contribution < 1.29 is 0 Å². The van der Waals surface area contributed by atoms with Crippen molar-refractivity contribution in [3.8, 4) is 0 Å². The van der Waals surface area contributed by atoms with E-state index in [-0.39, 0.29) is 0 Å². The quantitative estimate of drug-likeness (QED) is 0.777. The minimum absolute atomic E-state index is 0.593. The average Bonchev–Trinajstić information content (AvgIpc) is 2.65. The molecule has 0 bridgehead atoms. The highest BCUT2D eigenvalue weighted by atomic mass is 32.1. The highest BCUT2D eigenvalue weighted by Gasteiger charge is 2.07. The van der Waals surface area contributed by atoms with Gasteiger partial charge in [-0.25, -0.2) is 4.98 Å². The largest absolute Gasteiger partial charge is 0.359 e. The molecule has 3 heteroatoms. The molecule has 0 spiro atoms. The summed E-state index contributed by atoms with van der Waals surface area (Å²) in [5.41, 5.74) is 1.20. The molecule has 0 aliphatic carbocycles. The third kappa shape index (κ3) is 3.29. The van der Waals surface area contributed by atoms with Gasteiger partial charge in [0.2, 0.25) is 0 Å². The number of hydrogen-bond donors (Lipinski definition) is 1. The Hall–Kier alpha value is -0.570. The second kappa shape index (κ2) is 6.02. The van der Waals surface area contributed by atoms with Crippen LogP contribution in [0.2, 0.25) is 0 Å². The predicted molar refractivity (Wildman–Crippen MR) is 64.1 cm³/mol. The standard InChI is InChI=1S/C11H20N2S/c1-4-7-9(5-2)12-11-13-10(6-3)8-14-11/h8-9H,4-7H2,1-3H3,(H,12,13). The van der Waals surface area contributed by atoms with Gasteiger partial charge in [-0.3, -0.25) is 0 Å². The highest BCUT2D eigenvalue weighted by molar-refractivity contribution is 7.13. The van der Waals surface area contributed by atoms with Crippen LogP contribution in [0.25, 0.3) is 0 Å². The molecule has 0 aliphatic heterocycles. The first kappa shape index (κ1) is 11.5. The van der Waals surface area contributed by atoms with E-state index in [9.17, 15) is 0 Å². The van der Waals surface area contributed by atoms with Crippen molar-refractivity contribution in [2.75, 3.05) is 5.32 Å². The number of anilines is 1. The van der Waals surface area contributed by atoms with Gasteiger partial charge in [-0.1, -0.05) is 27.2 Å². The molecule has 1 unspecified atom stereocenters. The van der Waals surface area contributed by atoms with Crippen LogP contribution >= 0.6 is 11.3 Å². The summed E-state index contributed by atoms with van der Waals surface area (Å²) in [6, 6.07) is 0.593. The van der Waals surface area contributed by atoms with Gasteiger partial charge in [-0.15, -0.1) is 11.3 Å². The molecule has 0 saturated carbocycles. The summed E-state index contributed by atoms with van der Waals surface area (Å²) in [6.07, 6.45) is 4.67. The molecule has 14 heavy (non-hydrogen) atoms.